The Morgan fingerprint density at radius 1 is 0.375 bits per heavy atom. The number of aryl methyl sites for hydroxylation is 9. The molecule has 0 aliphatic heterocycles. The molecule has 0 nitrogen and oxygen atoms in total. The third kappa shape index (κ3) is 70.5. The highest BCUT2D eigenvalue weighted by atomic mass is 14.0. The molecule has 0 aromatic heterocycles. The van der Waals surface area contributed by atoms with Crippen molar-refractivity contribution < 1.29 is 0 Å². The van der Waals surface area contributed by atoms with Gasteiger partial charge in [0, 0.05) is 0 Å². The third-order valence-corrected chi connectivity index (χ3v) is 8.70. The molecule has 0 atom stereocenters. The molecule has 0 aliphatic rings. The standard InChI is InChI=1S/2C9H12.2C8H10.C8H18.C6H14.2C5H12.C4H10.C2H6/c1-7-4-8(2)6-9(3)5-7;1-7-5-4-6-8(2)9(7)3;1-7-3-5-8(2)6-4-7;1-7-4-3-5-8(2)6-7;1-4-5-6-7-8(2)3;1-4-5-6(2)3;1-5(2,3)4;1-4-5(2)3;1-4(2)3;1-2/h2*4-6H,1-3H3;2*3-6H,1-2H3;8H,4-7H2,1-3H3;6H,4-5H2,1-3H3;1-4H3;5H,4H2,1-3H3;4H,1-3H3;1-2H3. The van der Waals surface area contributed by atoms with Gasteiger partial charge in [-0.05, 0) is 115 Å². The van der Waals surface area contributed by atoms with Crippen LogP contribution in [0.25, 0.3) is 0 Å². The highest BCUT2D eigenvalue weighted by molar-refractivity contribution is 5.31. The zero-order chi connectivity index (χ0) is 51.4. The molecular weight excluding hydrogens is 769 g/mol. The van der Waals surface area contributed by atoms with E-state index >= 15 is 0 Å². The molecule has 0 heteroatoms. The van der Waals surface area contributed by atoms with E-state index in [1.165, 1.54) is 101 Å². The van der Waals surface area contributed by atoms with Crippen molar-refractivity contribution in [2.45, 2.75) is 239 Å². The lowest BCUT2D eigenvalue weighted by molar-refractivity contribution is 0.469. The fraction of sp³-hybridized carbons (Fsp3) is 0.625. The molecular formula is C64H116. The van der Waals surface area contributed by atoms with E-state index in [0.29, 0.717) is 5.41 Å². The van der Waals surface area contributed by atoms with Gasteiger partial charge in [0.1, 0.15) is 0 Å². The molecule has 4 aromatic rings. The Bertz CT molecular complexity index is 1400. The summed E-state index contributed by atoms with van der Waals surface area (Å²) in [6.07, 6.45) is 9.62. The molecule has 0 amide bonds. The van der Waals surface area contributed by atoms with Crippen molar-refractivity contribution in [3.8, 4) is 0 Å². The Morgan fingerprint density at radius 2 is 0.656 bits per heavy atom. The second-order valence-corrected chi connectivity index (χ2v) is 21.1. The van der Waals surface area contributed by atoms with Crippen molar-refractivity contribution in [2.24, 2.45) is 29.1 Å². The summed E-state index contributed by atoms with van der Waals surface area (Å²) in [6.45, 7) is 60.7. The lowest BCUT2D eigenvalue weighted by atomic mass is 10.0. The molecule has 4 aromatic carbocycles. The maximum atomic E-state index is 2.29. The van der Waals surface area contributed by atoms with Crippen molar-refractivity contribution in [2.75, 3.05) is 0 Å². The van der Waals surface area contributed by atoms with Crippen molar-refractivity contribution >= 4 is 0 Å². The summed E-state index contributed by atoms with van der Waals surface area (Å²) in [4.78, 5) is 0. The first-order valence-corrected chi connectivity index (χ1v) is 25.7. The summed E-state index contributed by atoms with van der Waals surface area (Å²) in [5.74, 6) is 3.52. The van der Waals surface area contributed by atoms with Gasteiger partial charge in [0.25, 0.3) is 0 Å². The first-order valence-electron chi connectivity index (χ1n) is 25.7. The number of hydrogen-bond donors (Lipinski definition) is 0. The predicted molar refractivity (Wildman–Crippen MR) is 304 cm³/mol. The van der Waals surface area contributed by atoms with Gasteiger partial charge in [0.2, 0.25) is 0 Å². The smallest absolute Gasteiger partial charge is 0.0392 e. The van der Waals surface area contributed by atoms with Crippen LogP contribution in [0.1, 0.15) is 225 Å². The molecule has 0 saturated heterocycles. The maximum Gasteiger partial charge on any atom is -0.0392 e. The minimum atomic E-state index is 0.500. The number of hydrogen-bond acceptors (Lipinski definition) is 0. The van der Waals surface area contributed by atoms with Crippen LogP contribution in [0.5, 0.6) is 0 Å². The summed E-state index contributed by atoms with van der Waals surface area (Å²) in [5, 5.41) is 0. The molecule has 4 rings (SSSR count). The van der Waals surface area contributed by atoms with E-state index in [1.807, 2.05) is 13.8 Å². The normalized spacial score (nSPS) is 9.62. The minimum Gasteiger partial charge on any atom is -0.0683 e. The average molecular weight is 886 g/mol. The highest BCUT2D eigenvalue weighted by Gasteiger charge is 1.96. The Labute approximate surface area is 406 Å². The molecule has 0 N–H and O–H groups in total. The minimum absolute atomic E-state index is 0.500. The van der Waals surface area contributed by atoms with E-state index < -0.39 is 0 Å². The zero-order valence-electron chi connectivity index (χ0n) is 48.8. The van der Waals surface area contributed by atoms with Gasteiger partial charge in [-0.2, -0.15) is 0 Å². The lowest BCUT2D eigenvalue weighted by Gasteiger charge is -2.05. The van der Waals surface area contributed by atoms with Crippen molar-refractivity contribution in [1.29, 1.82) is 0 Å². The molecule has 0 spiro atoms. The van der Waals surface area contributed by atoms with Crippen LogP contribution in [0.3, 0.4) is 0 Å². The van der Waals surface area contributed by atoms with E-state index in [0.717, 1.165) is 23.7 Å². The SMILES string of the molecule is CC.CC(C)(C)C.CC(C)C.CCC(C)C.CCCC(C)C.CCCCCC(C)C.Cc1cc(C)cc(C)c1.Cc1ccc(C)cc1.Cc1cccc(C)c1.Cc1cccc(C)c1C. The number of unbranched alkanes of at least 4 members (excludes halogenated alkanes) is 2. The monoisotopic (exact) mass is 885 g/mol. The lowest BCUT2D eigenvalue weighted by Crippen LogP contribution is -1.93. The highest BCUT2D eigenvalue weighted by Crippen LogP contribution is 2.11. The summed E-state index contributed by atoms with van der Waals surface area (Å²) >= 11 is 0. The van der Waals surface area contributed by atoms with Crippen LogP contribution < -0.4 is 0 Å². The van der Waals surface area contributed by atoms with Crippen LogP contribution in [0, 0.1) is 98.3 Å². The maximum absolute atomic E-state index is 2.29. The molecule has 0 heterocycles. The molecule has 0 saturated carbocycles. The fourth-order valence-electron chi connectivity index (χ4n) is 4.92. The second kappa shape index (κ2) is 47.8. The van der Waals surface area contributed by atoms with Gasteiger partial charge in [-0.1, -0.05) is 293 Å². The zero-order valence-corrected chi connectivity index (χ0v) is 48.8. The molecule has 0 unspecified atom stereocenters. The van der Waals surface area contributed by atoms with E-state index in [2.05, 4.69) is 265 Å². The molecule has 64 heavy (non-hydrogen) atoms. The Balaban J connectivity index is -0.000000149. The summed E-state index contributed by atoms with van der Waals surface area (Å²) in [7, 11) is 0. The molecule has 0 aliphatic carbocycles. The van der Waals surface area contributed by atoms with E-state index in [-0.39, 0.29) is 0 Å². The van der Waals surface area contributed by atoms with E-state index in [4.69, 9.17) is 0 Å². The van der Waals surface area contributed by atoms with Gasteiger partial charge in [-0.15, -0.1) is 0 Å². The van der Waals surface area contributed by atoms with Crippen LogP contribution in [0.4, 0.5) is 0 Å². The van der Waals surface area contributed by atoms with Gasteiger partial charge in [-0.3, -0.25) is 0 Å². The predicted octanol–water partition coefficient (Wildman–Crippen LogP) is 22.3. The van der Waals surface area contributed by atoms with E-state index in [9.17, 15) is 0 Å². The van der Waals surface area contributed by atoms with Crippen molar-refractivity contribution in [3.63, 3.8) is 0 Å². The van der Waals surface area contributed by atoms with E-state index in [1.54, 1.807) is 0 Å². The van der Waals surface area contributed by atoms with Crippen molar-refractivity contribution in [1.82, 2.24) is 0 Å². The first kappa shape index (κ1) is 72.5. The molecule has 0 bridgehead atoms. The number of rotatable bonds is 7. The largest absolute Gasteiger partial charge is 0.0683 e. The Morgan fingerprint density at radius 3 is 0.844 bits per heavy atom. The van der Waals surface area contributed by atoms with Gasteiger partial charge < -0.3 is 0 Å². The van der Waals surface area contributed by atoms with Crippen LogP contribution in [0.15, 0.2) is 84.9 Å². The second-order valence-electron chi connectivity index (χ2n) is 21.1. The van der Waals surface area contributed by atoms with Gasteiger partial charge in [-0.25, -0.2) is 0 Å². The molecule has 0 radical (unpaired) electrons. The summed E-state index contributed by atoms with van der Waals surface area (Å²) in [5.41, 5.74) is 14.1. The fourth-order valence-corrected chi connectivity index (χ4v) is 4.92. The van der Waals surface area contributed by atoms with Crippen molar-refractivity contribution in [3.05, 3.63) is 141 Å². The molecule has 0 fully saturated rings. The summed E-state index contributed by atoms with van der Waals surface area (Å²) in [6, 6.07) is 29.9. The quantitative estimate of drug-likeness (QED) is 0.162. The average Bonchev–Trinajstić information content (AvgIpc) is 3.16. The third-order valence-electron chi connectivity index (χ3n) is 8.70. The van der Waals surface area contributed by atoms with Gasteiger partial charge in [0.15, 0.2) is 0 Å². The number of benzene rings is 4. The van der Waals surface area contributed by atoms with Gasteiger partial charge in [0.05, 0.1) is 0 Å². The van der Waals surface area contributed by atoms with Crippen LogP contribution in [-0.2, 0) is 0 Å². The van der Waals surface area contributed by atoms with Crippen LogP contribution >= 0.6 is 0 Å². The Hall–Kier alpha value is -3.12. The first-order chi connectivity index (χ1) is 29.5. The molecule has 372 valence electrons. The topological polar surface area (TPSA) is 0 Å². The van der Waals surface area contributed by atoms with Crippen LogP contribution in [0.2, 0.25) is 0 Å². The Kier molecular flexibility index (Phi) is 54.2. The summed E-state index contributed by atoms with van der Waals surface area (Å²) < 4.78 is 0. The van der Waals surface area contributed by atoms with Crippen LogP contribution in [-0.4, -0.2) is 0 Å². The van der Waals surface area contributed by atoms with Gasteiger partial charge >= 0.3 is 0 Å².